The van der Waals surface area contributed by atoms with E-state index in [0.717, 1.165) is 31.1 Å². The molecule has 0 spiro atoms. The van der Waals surface area contributed by atoms with Gasteiger partial charge in [0.25, 0.3) is 5.56 Å². The first-order valence-corrected chi connectivity index (χ1v) is 9.80. The highest BCUT2D eigenvalue weighted by Gasteiger charge is 2.21. The number of aryl methyl sites for hydroxylation is 1. The number of phenols is 1. The largest absolute Gasteiger partial charge is 0.507 e. The number of fused-ring (bicyclic) bond motifs is 2. The lowest BCUT2D eigenvalue weighted by Gasteiger charge is -2.27. The van der Waals surface area contributed by atoms with E-state index in [0.29, 0.717) is 27.8 Å². The van der Waals surface area contributed by atoms with Gasteiger partial charge in [-0.3, -0.25) is 9.48 Å². The van der Waals surface area contributed by atoms with Crippen LogP contribution in [0.5, 0.6) is 5.75 Å². The molecule has 29 heavy (non-hydrogen) atoms. The second-order valence-corrected chi connectivity index (χ2v) is 7.82. The number of aromatic nitrogens is 5. The number of aromatic hydroxyl groups is 1. The van der Waals surface area contributed by atoms with E-state index in [1.807, 2.05) is 31.6 Å². The molecule has 0 amide bonds. The van der Waals surface area contributed by atoms with Crippen molar-refractivity contribution in [3.63, 3.8) is 0 Å². The number of pyridine rings is 1. The minimum absolute atomic E-state index is 0.0578. The summed E-state index contributed by atoms with van der Waals surface area (Å²) in [6.07, 6.45) is 8.91. The molecule has 1 fully saturated rings. The Morgan fingerprint density at radius 1 is 1.17 bits per heavy atom. The van der Waals surface area contributed by atoms with Crippen molar-refractivity contribution in [3.05, 3.63) is 47.1 Å². The zero-order valence-corrected chi connectivity index (χ0v) is 16.1. The van der Waals surface area contributed by atoms with Crippen LogP contribution in [0.3, 0.4) is 0 Å². The zero-order chi connectivity index (χ0) is 20.1. The molecule has 0 bridgehead atoms. The molecule has 8 heteroatoms. The summed E-state index contributed by atoms with van der Waals surface area (Å²) in [5.74, 6) is 0.434. The second-order valence-electron chi connectivity index (χ2n) is 7.82. The minimum atomic E-state index is -0.0820. The maximum Gasteiger partial charge on any atom is 0.261 e. The van der Waals surface area contributed by atoms with Crippen LogP contribution in [0.2, 0.25) is 0 Å². The molecule has 0 aliphatic heterocycles. The van der Waals surface area contributed by atoms with E-state index in [2.05, 4.69) is 15.1 Å². The topological polar surface area (TPSA) is 112 Å². The molecule has 148 valence electrons. The first kappa shape index (κ1) is 17.8. The van der Waals surface area contributed by atoms with Crippen LogP contribution in [-0.2, 0) is 7.05 Å². The Balaban J connectivity index is 1.57. The van der Waals surface area contributed by atoms with Crippen LogP contribution in [0.4, 0.5) is 0 Å². The Morgan fingerprint density at radius 2 is 1.97 bits per heavy atom. The van der Waals surface area contributed by atoms with Crippen molar-refractivity contribution >= 4 is 21.8 Å². The van der Waals surface area contributed by atoms with E-state index in [-0.39, 0.29) is 23.4 Å². The molecule has 0 unspecified atom stereocenters. The molecule has 4 aromatic rings. The molecule has 3 aromatic heterocycles. The fourth-order valence-corrected chi connectivity index (χ4v) is 4.20. The molecule has 1 aliphatic rings. The fraction of sp³-hybridized carbons (Fsp3) is 0.333. The van der Waals surface area contributed by atoms with Gasteiger partial charge in [0, 0.05) is 49.2 Å². The van der Waals surface area contributed by atoms with Crippen LogP contribution < -0.4 is 11.3 Å². The number of nitrogens with two attached hydrogens (primary N) is 1. The maximum atomic E-state index is 13.0. The first-order chi connectivity index (χ1) is 14.0. The van der Waals surface area contributed by atoms with Gasteiger partial charge in [-0.15, -0.1) is 0 Å². The molecule has 0 radical (unpaired) electrons. The Bertz CT molecular complexity index is 1280. The Kier molecular flexibility index (Phi) is 4.09. The summed E-state index contributed by atoms with van der Waals surface area (Å²) in [5, 5.41) is 16.1. The smallest absolute Gasteiger partial charge is 0.261 e. The fourth-order valence-electron chi connectivity index (χ4n) is 4.20. The predicted octanol–water partition coefficient (Wildman–Crippen LogP) is 2.49. The second kappa shape index (κ2) is 6.66. The van der Waals surface area contributed by atoms with E-state index in [9.17, 15) is 9.90 Å². The number of nitrogens with zero attached hydrogens (tertiary/aromatic N) is 5. The Hall–Kier alpha value is -3.26. The van der Waals surface area contributed by atoms with Crippen LogP contribution in [0.1, 0.15) is 31.7 Å². The highest BCUT2D eigenvalue weighted by Crippen LogP contribution is 2.32. The van der Waals surface area contributed by atoms with Gasteiger partial charge in [-0.25, -0.2) is 9.97 Å². The summed E-state index contributed by atoms with van der Waals surface area (Å²) >= 11 is 0. The van der Waals surface area contributed by atoms with Crippen molar-refractivity contribution in [2.24, 2.45) is 12.8 Å². The minimum Gasteiger partial charge on any atom is -0.507 e. The molecule has 3 heterocycles. The lowest BCUT2D eigenvalue weighted by atomic mass is 9.91. The van der Waals surface area contributed by atoms with Gasteiger partial charge >= 0.3 is 0 Å². The van der Waals surface area contributed by atoms with Gasteiger partial charge in [0.2, 0.25) is 0 Å². The maximum absolute atomic E-state index is 13.0. The molecule has 1 aromatic carbocycles. The summed E-state index contributed by atoms with van der Waals surface area (Å²) in [7, 11) is 1.83. The number of rotatable bonds is 2. The van der Waals surface area contributed by atoms with Gasteiger partial charge in [0.1, 0.15) is 5.75 Å². The van der Waals surface area contributed by atoms with E-state index < -0.39 is 0 Å². The van der Waals surface area contributed by atoms with Gasteiger partial charge in [0.15, 0.2) is 5.82 Å². The number of phenolic OH excluding ortho intramolecular Hbond substituents is 1. The third kappa shape index (κ3) is 3.05. The number of hydrogen-bond donors (Lipinski definition) is 2. The molecule has 1 saturated carbocycles. The van der Waals surface area contributed by atoms with E-state index in [1.54, 1.807) is 21.5 Å². The average molecular weight is 390 g/mol. The van der Waals surface area contributed by atoms with Crippen LogP contribution in [0, 0.1) is 0 Å². The monoisotopic (exact) mass is 390 g/mol. The SMILES string of the molecule is Cn1cc2cc(-c3ncc4c(=O)n([C@H]5CC[C@@H](N)CC5)ccc4n3)c(O)cc2n1. The van der Waals surface area contributed by atoms with E-state index >= 15 is 0 Å². The molecule has 0 saturated heterocycles. The number of hydrogen-bond acceptors (Lipinski definition) is 6. The molecule has 1 aliphatic carbocycles. The Labute approximate surface area is 166 Å². The van der Waals surface area contributed by atoms with Gasteiger partial charge in [-0.1, -0.05) is 0 Å². The van der Waals surface area contributed by atoms with E-state index in [4.69, 9.17) is 5.73 Å². The number of benzene rings is 1. The van der Waals surface area contributed by atoms with Crippen molar-refractivity contribution in [2.75, 3.05) is 0 Å². The average Bonchev–Trinajstić information content (AvgIpc) is 3.07. The normalized spacial score (nSPS) is 19.8. The molecule has 5 rings (SSSR count). The highest BCUT2D eigenvalue weighted by molar-refractivity contribution is 5.87. The third-order valence-corrected chi connectivity index (χ3v) is 5.79. The van der Waals surface area contributed by atoms with Gasteiger partial charge in [-0.05, 0) is 37.8 Å². The lowest BCUT2D eigenvalue weighted by Crippen LogP contribution is -2.32. The first-order valence-electron chi connectivity index (χ1n) is 9.80. The summed E-state index contributed by atoms with van der Waals surface area (Å²) in [4.78, 5) is 21.9. The zero-order valence-electron chi connectivity index (χ0n) is 16.1. The van der Waals surface area contributed by atoms with Crippen molar-refractivity contribution in [1.82, 2.24) is 24.3 Å². The quantitative estimate of drug-likeness (QED) is 0.544. The lowest BCUT2D eigenvalue weighted by molar-refractivity contribution is 0.319. The highest BCUT2D eigenvalue weighted by atomic mass is 16.3. The van der Waals surface area contributed by atoms with Crippen molar-refractivity contribution in [3.8, 4) is 17.1 Å². The van der Waals surface area contributed by atoms with Crippen molar-refractivity contribution < 1.29 is 5.11 Å². The van der Waals surface area contributed by atoms with E-state index in [1.165, 1.54) is 0 Å². The summed E-state index contributed by atoms with van der Waals surface area (Å²) in [6, 6.07) is 5.66. The van der Waals surface area contributed by atoms with Crippen molar-refractivity contribution in [1.29, 1.82) is 0 Å². The Morgan fingerprint density at radius 3 is 2.76 bits per heavy atom. The van der Waals surface area contributed by atoms with Crippen LogP contribution in [0.15, 0.2) is 41.6 Å². The summed E-state index contributed by atoms with van der Waals surface area (Å²) in [5.41, 5.74) is 7.68. The molecule has 3 N–H and O–H groups in total. The molecule has 0 atom stereocenters. The third-order valence-electron chi connectivity index (χ3n) is 5.79. The molecular formula is C21H22N6O2. The van der Waals surface area contributed by atoms with Crippen molar-refractivity contribution in [2.45, 2.75) is 37.8 Å². The van der Waals surface area contributed by atoms with Gasteiger partial charge < -0.3 is 15.4 Å². The van der Waals surface area contributed by atoms with Gasteiger partial charge in [-0.2, -0.15) is 5.10 Å². The van der Waals surface area contributed by atoms with Crippen LogP contribution >= 0.6 is 0 Å². The summed E-state index contributed by atoms with van der Waals surface area (Å²) < 4.78 is 3.48. The molecule has 8 nitrogen and oxygen atoms in total. The van der Waals surface area contributed by atoms with Crippen LogP contribution in [-0.4, -0.2) is 35.5 Å². The predicted molar refractivity (Wildman–Crippen MR) is 111 cm³/mol. The van der Waals surface area contributed by atoms with Gasteiger partial charge in [0.05, 0.1) is 22.0 Å². The summed E-state index contributed by atoms with van der Waals surface area (Å²) in [6.45, 7) is 0. The molecular weight excluding hydrogens is 368 g/mol. The van der Waals surface area contributed by atoms with Crippen LogP contribution in [0.25, 0.3) is 33.2 Å². The standard InChI is InChI=1S/C21H22N6O2/c1-26-11-12-8-15(19(28)9-18(12)25-26)20-23-10-16-17(24-20)6-7-27(21(16)29)14-4-2-13(22)3-5-14/h6-11,13-14,28H,2-5,22H2,1H3/t13-,14+.